The molecule has 2 aliphatic rings. The van der Waals surface area contributed by atoms with Crippen molar-refractivity contribution in [1.29, 1.82) is 0 Å². The van der Waals surface area contributed by atoms with Gasteiger partial charge in [-0.1, -0.05) is 0 Å². The SMILES string of the molecule is O=C1NCCC12CNC2. The Hall–Kier alpha value is -0.570. The zero-order chi connectivity index (χ0) is 6.32. The Bertz CT molecular complexity index is 151. The predicted octanol–water partition coefficient (Wildman–Crippen LogP) is -0.904. The van der Waals surface area contributed by atoms with Crippen molar-refractivity contribution in [1.82, 2.24) is 10.6 Å². The maximum absolute atomic E-state index is 11.0. The van der Waals surface area contributed by atoms with Crippen molar-refractivity contribution in [2.75, 3.05) is 19.6 Å². The van der Waals surface area contributed by atoms with Gasteiger partial charge in [-0.05, 0) is 6.42 Å². The molecule has 2 saturated heterocycles. The van der Waals surface area contributed by atoms with Gasteiger partial charge in [0.2, 0.25) is 5.91 Å². The molecule has 1 amide bonds. The maximum atomic E-state index is 11.0. The van der Waals surface area contributed by atoms with Crippen LogP contribution < -0.4 is 10.6 Å². The van der Waals surface area contributed by atoms with Crippen LogP contribution >= 0.6 is 0 Å². The van der Waals surface area contributed by atoms with E-state index in [1.165, 1.54) is 0 Å². The van der Waals surface area contributed by atoms with Crippen LogP contribution in [0.5, 0.6) is 0 Å². The van der Waals surface area contributed by atoms with E-state index in [-0.39, 0.29) is 11.3 Å². The Morgan fingerprint density at radius 3 is 2.44 bits per heavy atom. The molecule has 0 aromatic heterocycles. The Kier molecular flexibility index (Phi) is 0.858. The smallest absolute Gasteiger partial charge is 0.228 e. The highest BCUT2D eigenvalue weighted by Gasteiger charge is 2.46. The zero-order valence-electron chi connectivity index (χ0n) is 5.24. The summed E-state index contributed by atoms with van der Waals surface area (Å²) < 4.78 is 0. The Balaban J connectivity index is 2.17. The molecule has 2 aliphatic heterocycles. The van der Waals surface area contributed by atoms with Gasteiger partial charge in [-0.25, -0.2) is 0 Å². The van der Waals surface area contributed by atoms with Gasteiger partial charge >= 0.3 is 0 Å². The van der Waals surface area contributed by atoms with Gasteiger partial charge in [0, 0.05) is 19.6 Å². The van der Waals surface area contributed by atoms with Crippen LogP contribution in [-0.4, -0.2) is 25.5 Å². The minimum Gasteiger partial charge on any atom is -0.355 e. The average Bonchev–Trinajstić information content (AvgIpc) is 2.07. The molecule has 0 aromatic carbocycles. The van der Waals surface area contributed by atoms with E-state index in [1.54, 1.807) is 0 Å². The zero-order valence-corrected chi connectivity index (χ0v) is 5.24. The van der Waals surface area contributed by atoms with Gasteiger partial charge in [0.05, 0.1) is 5.41 Å². The van der Waals surface area contributed by atoms with Crippen molar-refractivity contribution in [3.63, 3.8) is 0 Å². The van der Waals surface area contributed by atoms with E-state index >= 15 is 0 Å². The summed E-state index contributed by atoms with van der Waals surface area (Å²) in [6.07, 6.45) is 1.03. The lowest BCUT2D eigenvalue weighted by Crippen LogP contribution is -2.57. The molecule has 3 nitrogen and oxygen atoms in total. The second kappa shape index (κ2) is 1.48. The Labute approximate surface area is 53.8 Å². The molecular weight excluding hydrogens is 116 g/mol. The summed E-state index contributed by atoms with van der Waals surface area (Å²) in [5, 5.41) is 5.95. The maximum Gasteiger partial charge on any atom is 0.228 e. The highest BCUT2D eigenvalue weighted by atomic mass is 16.2. The van der Waals surface area contributed by atoms with Crippen LogP contribution in [0.3, 0.4) is 0 Å². The van der Waals surface area contributed by atoms with E-state index in [0.29, 0.717) is 0 Å². The Morgan fingerprint density at radius 2 is 2.22 bits per heavy atom. The molecule has 0 atom stereocenters. The van der Waals surface area contributed by atoms with Crippen molar-refractivity contribution >= 4 is 5.91 Å². The highest BCUT2D eigenvalue weighted by Crippen LogP contribution is 2.30. The molecule has 50 valence electrons. The van der Waals surface area contributed by atoms with Crippen molar-refractivity contribution < 1.29 is 4.79 Å². The van der Waals surface area contributed by atoms with E-state index in [4.69, 9.17) is 0 Å². The monoisotopic (exact) mass is 126 g/mol. The highest BCUT2D eigenvalue weighted by molar-refractivity contribution is 5.86. The molecule has 2 N–H and O–H groups in total. The minimum atomic E-state index is 0.0139. The third-order valence-electron chi connectivity index (χ3n) is 2.30. The fraction of sp³-hybridized carbons (Fsp3) is 0.833. The Morgan fingerprint density at radius 1 is 1.44 bits per heavy atom. The number of nitrogens with one attached hydrogen (secondary N) is 2. The molecule has 0 bridgehead atoms. The van der Waals surface area contributed by atoms with Crippen molar-refractivity contribution in [3.05, 3.63) is 0 Å². The van der Waals surface area contributed by atoms with Crippen LogP contribution in [0, 0.1) is 5.41 Å². The van der Waals surface area contributed by atoms with Gasteiger partial charge in [-0.15, -0.1) is 0 Å². The lowest BCUT2D eigenvalue weighted by Gasteiger charge is -2.35. The quantitative estimate of drug-likeness (QED) is 0.441. The van der Waals surface area contributed by atoms with E-state index in [1.807, 2.05) is 0 Å². The first-order valence-corrected chi connectivity index (χ1v) is 3.33. The largest absolute Gasteiger partial charge is 0.355 e. The first-order valence-electron chi connectivity index (χ1n) is 3.33. The fourth-order valence-electron chi connectivity index (χ4n) is 1.48. The molecule has 2 heterocycles. The number of hydrogen-bond donors (Lipinski definition) is 2. The third kappa shape index (κ3) is 0.525. The summed E-state index contributed by atoms with van der Waals surface area (Å²) in [6.45, 7) is 2.65. The van der Waals surface area contributed by atoms with Crippen molar-refractivity contribution in [3.8, 4) is 0 Å². The van der Waals surface area contributed by atoms with Crippen LogP contribution in [0.4, 0.5) is 0 Å². The van der Waals surface area contributed by atoms with Gasteiger partial charge in [-0.2, -0.15) is 0 Å². The van der Waals surface area contributed by atoms with Crippen LogP contribution in [0.25, 0.3) is 0 Å². The van der Waals surface area contributed by atoms with E-state index < -0.39 is 0 Å². The summed E-state index contributed by atoms with van der Waals surface area (Å²) in [4.78, 5) is 11.0. The summed E-state index contributed by atoms with van der Waals surface area (Å²) in [7, 11) is 0. The number of carbonyl (C=O) groups excluding carboxylic acids is 1. The molecule has 0 aromatic rings. The minimum absolute atomic E-state index is 0.0139. The number of hydrogen-bond acceptors (Lipinski definition) is 2. The molecule has 2 fully saturated rings. The predicted molar refractivity (Wildman–Crippen MR) is 32.9 cm³/mol. The van der Waals surface area contributed by atoms with Crippen LogP contribution in [0.15, 0.2) is 0 Å². The van der Waals surface area contributed by atoms with Gasteiger partial charge in [0.15, 0.2) is 0 Å². The van der Waals surface area contributed by atoms with Crippen molar-refractivity contribution in [2.45, 2.75) is 6.42 Å². The molecule has 0 radical (unpaired) electrons. The van der Waals surface area contributed by atoms with Gasteiger partial charge < -0.3 is 10.6 Å². The van der Waals surface area contributed by atoms with Gasteiger partial charge in [0.25, 0.3) is 0 Å². The second-order valence-electron chi connectivity index (χ2n) is 2.89. The summed E-state index contributed by atoms with van der Waals surface area (Å²) in [5.41, 5.74) is 0.0139. The standard InChI is InChI=1S/C6H10N2O/c9-5-6(1-2-8-5)3-7-4-6/h7H,1-4H2,(H,8,9). The molecule has 3 heteroatoms. The number of carbonyl (C=O) groups is 1. The fourth-order valence-corrected chi connectivity index (χ4v) is 1.48. The molecule has 0 unspecified atom stereocenters. The molecular formula is C6H10N2O. The van der Waals surface area contributed by atoms with Crippen LogP contribution in [0.2, 0.25) is 0 Å². The first kappa shape index (κ1) is 5.23. The van der Waals surface area contributed by atoms with E-state index in [0.717, 1.165) is 26.1 Å². The summed E-state index contributed by atoms with van der Waals surface area (Å²) in [6, 6.07) is 0. The molecule has 1 spiro atoms. The van der Waals surface area contributed by atoms with E-state index in [2.05, 4.69) is 10.6 Å². The average molecular weight is 126 g/mol. The topological polar surface area (TPSA) is 41.1 Å². The molecule has 0 saturated carbocycles. The summed E-state index contributed by atoms with van der Waals surface area (Å²) >= 11 is 0. The molecule has 9 heavy (non-hydrogen) atoms. The first-order chi connectivity index (χ1) is 4.33. The third-order valence-corrected chi connectivity index (χ3v) is 2.30. The van der Waals surface area contributed by atoms with Gasteiger partial charge in [-0.3, -0.25) is 4.79 Å². The normalized spacial score (nSPS) is 30.0. The number of amides is 1. The number of rotatable bonds is 0. The molecule has 0 aliphatic carbocycles. The van der Waals surface area contributed by atoms with Crippen LogP contribution in [0.1, 0.15) is 6.42 Å². The van der Waals surface area contributed by atoms with Crippen molar-refractivity contribution in [2.24, 2.45) is 5.41 Å². The van der Waals surface area contributed by atoms with E-state index in [9.17, 15) is 4.79 Å². The molecule has 2 rings (SSSR count). The lowest BCUT2D eigenvalue weighted by atomic mass is 9.80. The summed E-state index contributed by atoms with van der Waals surface area (Å²) in [5.74, 6) is 0.251. The van der Waals surface area contributed by atoms with Gasteiger partial charge in [0.1, 0.15) is 0 Å². The van der Waals surface area contributed by atoms with Crippen LogP contribution in [-0.2, 0) is 4.79 Å². The second-order valence-corrected chi connectivity index (χ2v) is 2.89. The lowest BCUT2D eigenvalue weighted by molar-refractivity contribution is -0.129.